The van der Waals surface area contributed by atoms with Gasteiger partial charge in [0.2, 0.25) is 10.0 Å². The Bertz CT molecular complexity index is 602. The normalized spacial score (nSPS) is 21.1. The summed E-state index contributed by atoms with van der Waals surface area (Å²) >= 11 is 0. The lowest BCUT2D eigenvalue weighted by atomic mass is 9.87. The van der Waals surface area contributed by atoms with Crippen LogP contribution in [0.1, 0.15) is 52.5 Å². The highest BCUT2D eigenvalue weighted by molar-refractivity contribution is 7.89. The predicted molar refractivity (Wildman–Crippen MR) is 93.2 cm³/mol. The van der Waals surface area contributed by atoms with E-state index in [4.69, 9.17) is 4.74 Å². The van der Waals surface area contributed by atoms with E-state index in [-0.39, 0.29) is 11.5 Å². The van der Waals surface area contributed by atoms with E-state index in [1.807, 2.05) is 19.1 Å². The quantitative estimate of drug-likeness (QED) is 0.842. The van der Waals surface area contributed by atoms with Crippen LogP contribution in [0.5, 0.6) is 0 Å². The summed E-state index contributed by atoms with van der Waals surface area (Å²) in [7, 11) is -3.41. The summed E-state index contributed by atoms with van der Waals surface area (Å²) in [5, 5.41) is 0. The van der Waals surface area contributed by atoms with Crippen molar-refractivity contribution in [3.63, 3.8) is 0 Å². The minimum absolute atomic E-state index is 0.0234. The average Bonchev–Trinajstić information content (AvgIpc) is 2.73. The largest absolute Gasteiger partial charge is 0.378 e. The highest BCUT2D eigenvalue weighted by atomic mass is 32.2. The fraction of sp³-hybridized carbons (Fsp3) is 0.667. The molecule has 1 saturated heterocycles. The van der Waals surface area contributed by atoms with E-state index in [0.717, 1.165) is 24.8 Å². The molecule has 0 spiro atoms. The van der Waals surface area contributed by atoms with Gasteiger partial charge in [0.25, 0.3) is 0 Å². The van der Waals surface area contributed by atoms with Crippen molar-refractivity contribution in [1.82, 2.24) is 4.31 Å². The zero-order valence-electron chi connectivity index (χ0n) is 14.7. The predicted octanol–water partition coefficient (Wildman–Crippen LogP) is 3.56. The number of rotatable bonds is 4. The van der Waals surface area contributed by atoms with Crippen molar-refractivity contribution in [1.29, 1.82) is 0 Å². The molecule has 1 unspecified atom stereocenters. The van der Waals surface area contributed by atoms with E-state index < -0.39 is 10.0 Å². The molecule has 0 aliphatic carbocycles. The summed E-state index contributed by atoms with van der Waals surface area (Å²) in [5.41, 5.74) is 1.17. The van der Waals surface area contributed by atoms with Gasteiger partial charge in [0.1, 0.15) is 0 Å². The van der Waals surface area contributed by atoms with Crippen LogP contribution in [0.15, 0.2) is 29.2 Å². The SMILES string of the molecule is CCOC1CCCN(S(=O)(=O)c2ccc(C(C)(C)C)cc2)CC1. The first-order valence-electron chi connectivity index (χ1n) is 8.47. The van der Waals surface area contributed by atoms with Gasteiger partial charge in [-0.3, -0.25) is 0 Å². The first-order valence-corrected chi connectivity index (χ1v) is 9.91. The van der Waals surface area contributed by atoms with Gasteiger partial charge in [0.15, 0.2) is 0 Å². The zero-order valence-corrected chi connectivity index (χ0v) is 15.5. The molecule has 1 atom stereocenters. The molecule has 4 nitrogen and oxygen atoms in total. The van der Waals surface area contributed by atoms with Crippen molar-refractivity contribution < 1.29 is 13.2 Å². The van der Waals surface area contributed by atoms with Crippen LogP contribution in [-0.2, 0) is 20.2 Å². The lowest BCUT2D eigenvalue weighted by Gasteiger charge is -2.22. The molecule has 23 heavy (non-hydrogen) atoms. The van der Waals surface area contributed by atoms with Crippen molar-refractivity contribution in [2.24, 2.45) is 0 Å². The number of hydrogen-bond acceptors (Lipinski definition) is 3. The first kappa shape index (κ1) is 18.4. The molecule has 1 aromatic carbocycles. The summed E-state index contributed by atoms with van der Waals surface area (Å²) in [6.07, 6.45) is 2.74. The van der Waals surface area contributed by atoms with Gasteiger partial charge in [0, 0.05) is 19.7 Å². The van der Waals surface area contributed by atoms with Gasteiger partial charge >= 0.3 is 0 Å². The molecule has 1 aromatic rings. The maximum atomic E-state index is 12.9. The smallest absolute Gasteiger partial charge is 0.243 e. The molecule has 2 rings (SSSR count). The Hall–Kier alpha value is -0.910. The maximum Gasteiger partial charge on any atom is 0.243 e. The van der Waals surface area contributed by atoms with Crippen LogP contribution in [0.4, 0.5) is 0 Å². The van der Waals surface area contributed by atoms with E-state index in [1.54, 1.807) is 16.4 Å². The molecule has 0 saturated carbocycles. The molecule has 130 valence electrons. The summed E-state index contributed by atoms with van der Waals surface area (Å²) in [5.74, 6) is 0. The molecule has 5 heteroatoms. The summed E-state index contributed by atoms with van der Waals surface area (Å²) in [6.45, 7) is 10.2. The van der Waals surface area contributed by atoms with Crippen LogP contribution < -0.4 is 0 Å². The molecule has 0 amide bonds. The first-order chi connectivity index (χ1) is 10.7. The molecular weight excluding hydrogens is 310 g/mol. The van der Waals surface area contributed by atoms with Gasteiger partial charge < -0.3 is 4.74 Å². The Labute approximate surface area is 140 Å². The number of ether oxygens (including phenoxy) is 1. The van der Waals surface area contributed by atoms with Gasteiger partial charge in [0.05, 0.1) is 11.0 Å². The summed E-state index contributed by atoms with van der Waals surface area (Å²) in [4.78, 5) is 0.389. The minimum Gasteiger partial charge on any atom is -0.378 e. The Morgan fingerprint density at radius 3 is 2.35 bits per heavy atom. The second-order valence-corrected chi connectivity index (χ2v) is 9.12. The molecular formula is C18H29NO3S. The monoisotopic (exact) mass is 339 g/mol. The number of sulfonamides is 1. The van der Waals surface area contributed by atoms with Crippen LogP contribution in [-0.4, -0.2) is 38.5 Å². The average molecular weight is 340 g/mol. The lowest BCUT2D eigenvalue weighted by molar-refractivity contribution is 0.0539. The number of benzene rings is 1. The van der Waals surface area contributed by atoms with Crippen molar-refractivity contribution in [3.8, 4) is 0 Å². The Morgan fingerprint density at radius 2 is 1.78 bits per heavy atom. The van der Waals surface area contributed by atoms with Crippen molar-refractivity contribution in [2.45, 2.75) is 63.4 Å². The zero-order chi connectivity index (χ0) is 17.1. The maximum absolute atomic E-state index is 12.9. The number of nitrogens with zero attached hydrogens (tertiary/aromatic N) is 1. The van der Waals surface area contributed by atoms with E-state index in [2.05, 4.69) is 20.8 Å². The molecule has 0 bridgehead atoms. The number of hydrogen-bond donors (Lipinski definition) is 0. The molecule has 1 heterocycles. The van der Waals surface area contributed by atoms with Crippen molar-refractivity contribution in [2.75, 3.05) is 19.7 Å². The molecule has 1 aliphatic heterocycles. The van der Waals surface area contributed by atoms with Gasteiger partial charge in [-0.15, -0.1) is 0 Å². The summed E-state index contributed by atoms with van der Waals surface area (Å²) in [6, 6.07) is 7.32. The van der Waals surface area contributed by atoms with Crippen LogP contribution in [0.25, 0.3) is 0 Å². The van der Waals surface area contributed by atoms with Gasteiger partial charge in [-0.2, -0.15) is 4.31 Å². The van der Waals surface area contributed by atoms with Crippen molar-refractivity contribution >= 4 is 10.0 Å². The van der Waals surface area contributed by atoms with Gasteiger partial charge in [-0.25, -0.2) is 8.42 Å². The molecule has 1 aliphatic rings. The van der Waals surface area contributed by atoms with Crippen LogP contribution in [0.3, 0.4) is 0 Å². The minimum atomic E-state index is -3.41. The standard InChI is InChI=1S/C18H29NO3S/c1-5-22-16-7-6-13-19(14-12-16)23(20,21)17-10-8-15(9-11-17)18(2,3)4/h8-11,16H,5-7,12-14H2,1-4H3. The van der Waals surface area contributed by atoms with Crippen LogP contribution in [0, 0.1) is 0 Å². The Balaban J connectivity index is 2.15. The third-order valence-corrected chi connectivity index (χ3v) is 6.31. The topological polar surface area (TPSA) is 46.6 Å². The third kappa shape index (κ3) is 4.55. The van der Waals surface area contributed by atoms with Crippen LogP contribution >= 0.6 is 0 Å². The second kappa shape index (κ2) is 7.32. The molecule has 0 radical (unpaired) electrons. The van der Waals surface area contributed by atoms with E-state index in [0.29, 0.717) is 24.6 Å². The second-order valence-electron chi connectivity index (χ2n) is 7.19. The Morgan fingerprint density at radius 1 is 1.13 bits per heavy atom. The fourth-order valence-corrected chi connectivity index (χ4v) is 4.45. The fourth-order valence-electron chi connectivity index (χ4n) is 2.96. The molecule has 0 N–H and O–H groups in total. The van der Waals surface area contributed by atoms with E-state index >= 15 is 0 Å². The highest BCUT2D eigenvalue weighted by Crippen LogP contribution is 2.26. The van der Waals surface area contributed by atoms with Crippen LogP contribution in [0.2, 0.25) is 0 Å². The van der Waals surface area contributed by atoms with Gasteiger partial charge in [-0.1, -0.05) is 32.9 Å². The molecule has 0 aromatic heterocycles. The highest BCUT2D eigenvalue weighted by Gasteiger charge is 2.28. The van der Waals surface area contributed by atoms with E-state index in [9.17, 15) is 8.42 Å². The van der Waals surface area contributed by atoms with Crippen molar-refractivity contribution in [3.05, 3.63) is 29.8 Å². The summed E-state index contributed by atoms with van der Waals surface area (Å²) < 4.78 is 33.0. The van der Waals surface area contributed by atoms with E-state index in [1.165, 1.54) is 0 Å². The van der Waals surface area contributed by atoms with Gasteiger partial charge in [-0.05, 0) is 49.3 Å². The lowest BCUT2D eigenvalue weighted by Crippen LogP contribution is -2.32. The molecule has 1 fully saturated rings. The third-order valence-electron chi connectivity index (χ3n) is 4.39. The Kier molecular flexibility index (Phi) is 5.87.